The van der Waals surface area contributed by atoms with Gasteiger partial charge in [-0.3, -0.25) is 19.4 Å². The van der Waals surface area contributed by atoms with E-state index < -0.39 is 0 Å². The molecule has 2 aromatic carbocycles. The number of hydrogen-bond acceptors (Lipinski definition) is 6. The second-order valence-corrected chi connectivity index (χ2v) is 6.97. The van der Waals surface area contributed by atoms with E-state index in [1.54, 1.807) is 67.0 Å². The summed E-state index contributed by atoms with van der Waals surface area (Å²) in [4.78, 5) is 40.1. The first-order valence-electron chi connectivity index (χ1n) is 10.1. The lowest BCUT2D eigenvalue weighted by Crippen LogP contribution is -2.23. The van der Waals surface area contributed by atoms with E-state index in [0.717, 1.165) is 11.1 Å². The summed E-state index contributed by atoms with van der Waals surface area (Å²) in [5, 5.41) is 5.43. The fourth-order valence-corrected chi connectivity index (χ4v) is 2.89. The van der Waals surface area contributed by atoms with Gasteiger partial charge < -0.3 is 21.1 Å². The van der Waals surface area contributed by atoms with Crippen molar-refractivity contribution in [3.8, 4) is 0 Å². The van der Waals surface area contributed by atoms with Crippen molar-refractivity contribution < 1.29 is 19.1 Å². The van der Waals surface area contributed by atoms with Crippen molar-refractivity contribution in [2.45, 2.75) is 19.4 Å². The second-order valence-electron chi connectivity index (χ2n) is 6.97. The average Bonchev–Trinajstić information content (AvgIpc) is 2.83. The van der Waals surface area contributed by atoms with Crippen LogP contribution in [0.1, 0.15) is 27.9 Å². The Morgan fingerprint density at radius 2 is 1.59 bits per heavy atom. The molecule has 0 aliphatic heterocycles. The molecule has 0 aliphatic carbocycles. The number of esters is 1. The van der Waals surface area contributed by atoms with Gasteiger partial charge in [-0.05, 0) is 42.3 Å². The molecule has 32 heavy (non-hydrogen) atoms. The first-order valence-corrected chi connectivity index (χ1v) is 10.1. The van der Waals surface area contributed by atoms with E-state index in [0.29, 0.717) is 23.4 Å². The van der Waals surface area contributed by atoms with Crippen LogP contribution in [0.25, 0.3) is 0 Å². The Bertz CT molecular complexity index is 1070. The third-order valence-electron chi connectivity index (χ3n) is 4.59. The van der Waals surface area contributed by atoms with Crippen molar-refractivity contribution in [2.75, 3.05) is 17.2 Å². The van der Waals surface area contributed by atoms with Gasteiger partial charge in [0.15, 0.2) is 0 Å². The smallest absolute Gasteiger partial charge is 0.306 e. The van der Waals surface area contributed by atoms with Crippen molar-refractivity contribution in [3.05, 3.63) is 89.7 Å². The topological polar surface area (TPSA) is 123 Å². The molecule has 8 nitrogen and oxygen atoms in total. The lowest BCUT2D eigenvalue weighted by molar-refractivity contribution is -0.144. The molecule has 164 valence electrons. The molecule has 0 aliphatic rings. The third-order valence-corrected chi connectivity index (χ3v) is 4.59. The van der Waals surface area contributed by atoms with Crippen LogP contribution >= 0.6 is 0 Å². The Morgan fingerprint density at radius 1 is 0.875 bits per heavy atom. The summed E-state index contributed by atoms with van der Waals surface area (Å²) < 4.78 is 5.24. The van der Waals surface area contributed by atoms with E-state index >= 15 is 0 Å². The van der Waals surface area contributed by atoms with Gasteiger partial charge in [-0.2, -0.15) is 0 Å². The fraction of sp³-hybridized carbons (Fsp3) is 0.167. The number of benzene rings is 2. The van der Waals surface area contributed by atoms with Crippen molar-refractivity contribution in [2.24, 2.45) is 5.73 Å². The predicted molar refractivity (Wildman–Crippen MR) is 121 cm³/mol. The first kappa shape index (κ1) is 22.6. The minimum Gasteiger partial charge on any atom is -0.461 e. The molecule has 0 atom stereocenters. The van der Waals surface area contributed by atoms with Crippen LogP contribution in [0.15, 0.2) is 73.1 Å². The van der Waals surface area contributed by atoms with Crippen LogP contribution < -0.4 is 16.4 Å². The summed E-state index contributed by atoms with van der Waals surface area (Å²) >= 11 is 0. The molecule has 3 rings (SSSR count). The maximum absolute atomic E-state index is 12.6. The summed E-state index contributed by atoms with van der Waals surface area (Å²) in [6, 6.07) is 17.5. The zero-order chi connectivity index (χ0) is 22.8. The number of nitrogens with one attached hydrogen (secondary N) is 2. The Balaban J connectivity index is 1.51. The summed E-state index contributed by atoms with van der Waals surface area (Å²) in [6.07, 6.45) is 4.05. The van der Waals surface area contributed by atoms with Crippen molar-refractivity contribution in [3.63, 3.8) is 0 Å². The van der Waals surface area contributed by atoms with E-state index in [4.69, 9.17) is 10.5 Å². The summed E-state index contributed by atoms with van der Waals surface area (Å²) in [5.41, 5.74) is 8.47. The second kappa shape index (κ2) is 11.4. The molecule has 0 bridgehead atoms. The number of carbonyl (C=O) groups excluding carboxylic acids is 3. The number of aryl methyl sites for hydroxylation is 1. The number of ether oxygens (including phenoxy) is 1. The van der Waals surface area contributed by atoms with Crippen LogP contribution in [0.5, 0.6) is 0 Å². The highest BCUT2D eigenvalue weighted by Gasteiger charge is 2.11. The van der Waals surface area contributed by atoms with Gasteiger partial charge in [-0.1, -0.05) is 30.3 Å². The molecule has 3 aromatic rings. The van der Waals surface area contributed by atoms with Gasteiger partial charge in [0.2, 0.25) is 5.91 Å². The molecule has 0 unspecified atom stereocenters. The molecule has 0 spiro atoms. The molecule has 0 fully saturated rings. The first-order chi connectivity index (χ1) is 15.5. The number of pyridine rings is 1. The zero-order valence-corrected chi connectivity index (χ0v) is 17.4. The third kappa shape index (κ3) is 6.75. The molecule has 4 N–H and O–H groups in total. The number of para-hydroxylation sites is 2. The van der Waals surface area contributed by atoms with Gasteiger partial charge in [0, 0.05) is 29.9 Å². The quantitative estimate of drug-likeness (QED) is 0.447. The van der Waals surface area contributed by atoms with Crippen LogP contribution in [0, 0.1) is 0 Å². The monoisotopic (exact) mass is 432 g/mol. The molecule has 2 amide bonds. The summed E-state index contributed by atoms with van der Waals surface area (Å²) in [5.74, 6) is -0.969. The van der Waals surface area contributed by atoms with E-state index in [1.807, 2.05) is 6.07 Å². The van der Waals surface area contributed by atoms with E-state index in [-0.39, 0.29) is 37.4 Å². The SMILES string of the molecule is NCC(=O)Nc1ccccc1NC(=O)c1ccc(CCC(=O)OCc2cccnc2)cc1. The van der Waals surface area contributed by atoms with E-state index in [2.05, 4.69) is 15.6 Å². The van der Waals surface area contributed by atoms with E-state index in [9.17, 15) is 14.4 Å². The van der Waals surface area contributed by atoms with Crippen LogP contribution in [0.4, 0.5) is 11.4 Å². The number of amides is 2. The van der Waals surface area contributed by atoms with Crippen LogP contribution in [0.3, 0.4) is 0 Å². The maximum Gasteiger partial charge on any atom is 0.306 e. The maximum atomic E-state index is 12.6. The Morgan fingerprint density at radius 3 is 2.25 bits per heavy atom. The Hall–Kier alpha value is -4.04. The number of hydrogen-bond donors (Lipinski definition) is 3. The standard InChI is InChI=1S/C24H24N4O4/c25-14-22(29)27-20-5-1-2-6-21(20)28-24(31)19-10-7-17(8-11-19)9-12-23(30)32-16-18-4-3-13-26-15-18/h1-8,10-11,13,15H,9,12,14,16,25H2,(H,27,29)(H,28,31). The zero-order valence-electron chi connectivity index (χ0n) is 17.4. The fourth-order valence-electron chi connectivity index (χ4n) is 2.89. The Kier molecular flexibility index (Phi) is 8.05. The van der Waals surface area contributed by atoms with Gasteiger partial charge in [0.25, 0.3) is 5.91 Å². The number of nitrogens with zero attached hydrogens (tertiary/aromatic N) is 1. The molecule has 0 saturated carbocycles. The summed E-state index contributed by atoms with van der Waals surface area (Å²) in [7, 11) is 0. The van der Waals surface area contributed by atoms with E-state index in [1.165, 1.54) is 0 Å². The molecule has 0 saturated heterocycles. The molecule has 8 heteroatoms. The van der Waals surface area contributed by atoms with Crippen LogP contribution in [0.2, 0.25) is 0 Å². The lowest BCUT2D eigenvalue weighted by atomic mass is 10.1. The molecular formula is C24H24N4O4. The van der Waals surface area contributed by atoms with Crippen molar-refractivity contribution in [1.82, 2.24) is 4.98 Å². The van der Waals surface area contributed by atoms with Gasteiger partial charge in [-0.25, -0.2) is 0 Å². The number of nitrogens with two attached hydrogens (primary N) is 1. The van der Waals surface area contributed by atoms with Crippen molar-refractivity contribution >= 4 is 29.2 Å². The van der Waals surface area contributed by atoms with Gasteiger partial charge in [0.05, 0.1) is 17.9 Å². The molecular weight excluding hydrogens is 408 g/mol. The highest BCUT2D eigenvalue weighted by Crippen LogP contribution is 2.22. The molecule has 0 radical (unpaired) electrons. The predicted octanol–water partition coefficient (Wildman–Crippen LogP) is 2.91. The van der Waals surface area contributed by atoms with Crippen molar-refractivity contribution in [1.29, 1.82) is 0 Å². The minimum absolute atomic E-state index is 0.152. The van der Waals surface area contributed by atoms with Gasteiger partial charge >= 0.3 is 5.97 Å². The number of carbonyl (C=O) groups is 3. The average molecular weight is 432 g/mol. The number of aromatic nitrogens is 1. The highest BCUT2D eigenvalue weighted by molar-refractivity contribution is 6.07. The highest BCUT2D eigenvalue weighted by atomic mass is 16.5. The molecule has 1 aromatic heterocycles. The van der Waals surface area contributed by atoms with Crippen LogP contribution in [-0.2, 0) is 27.4 Å². The minimum atomic E-state index is -0.352. The number of anilines is 2. The van der Waals surface area contributed by atoms with Gasteiger partial charge in [-0.15, -0.1) is 0 Å². The lowest BCUT2D eigenvalue weighted by Gasteiger charge is -2.12. The molecule has 1 heterocycles. The largest absolute Gasteiger partial charge is 0.461 e. The Labute approximate surface area is 185 Å². The van der Waals surface area contributed by atoms with Crippen LogP contribution in [-0.4, -0.2) is 29.3 Å². The number of rotatable bonds is 9. The van der Waals surface area contributed by atoms with Gasteiger partial charge in [0.1, 0.15) is 6.61 Å². The summed E-state index contributed by atoms with van der Waals surface area (Å²) in [6.45, 7) is 0.0414. The normalized spacial score (nSPS) is 10.3.